The lowest BCUT2D eigenvalue weighted by molar-refractivity contribution is 0.102. The maximum Gasteiger partial charge on any atom is 0.276 e. The van der Waals surface area contributed by atoms with Crippen molar-refractivity contribution in [1.29, 1.82) is 0 Å². The van der Waals surface area contributed by atoms with Gasteiger partial charge in [-0.05, 0) is 48.5 Å². The highest BCUT2D eigenvalue weighted by Crippen LogP contribution is 2.34. The van der Waals surface area contributed by atoms with Crippen molar-refractivity contribution in [3.8, 4) is 11.5 Å². The lowest BCUT2D eigenvalue weighted by Crippen LogP contribution is -2.14. The monoisotopic (exact) mass is 377 g/mol. The van der Waals surface area contributed by atoms with Crippen LogP contribution in [0, 0.1) is 0 Å². The predicted octanol–water partition coefficient (Wildman–Crippen LogP) is 3.27. The Bertz CT molecular complexity index is 988. The molecule has 0 unspecified atom stereocenters. The summed E-state index contributed by atoms with van der Waals surface area (Å²) in [6.07, 6.45) is 0. The van der Waals surface area contributed by atoms with Crippen molar-refractivity contribution in [3.05, 3.63) is 60.3 Å². The number of carbonyl (C=O) groups is 1. The van der Waals surface area contributed by atoms with Crippen molar-refractivity contribution < 1.29 is 14.3 Å². The first-order valence-electron chi connectivity index (χ1n) is 8.68. The van der Waals surface area contributed by atoms with Gasteiger partial charge >= 0.3 is 0 Å². The van der Waals surface area contributed by atoms with Gasteiger partial charge in [0.05, 0.1) is 0 Å². The molecule has 0 saturated heterocycles. The normalized spacial score (nSPS) is 11.8. The molecule has 0 fully saturated rings. The molecule has 0 bridgehead atoms. The van der Waals surface area contributed by atoms with E-state index in [2.05, 4.69) is 20.8 Å². The van der Waals surface area contributed by atoms with Crippen molar-refractivity contribution in [2.75, 3.05) is 36.4 Å². The fourth-order valence-corrected chi connectivity index (χ4v) is 2.68. The largest absolute Gasteiger partial charge is 0.454 e. The van der Waals surface area contributed by atoms with Crippen LogP contribution in [0.4, 0.5) is 22.9 Å². The molecule has 4 rings (SSSR count). The SMILES string of the molecule is CN(C)c1ccc(Nc2ccc(C(=O)Nc3ccc4c(c3)OCO4)nn2)cc1. The van der Waals surface area contributed by atoms with Gasteiger partial charge in [0.1, 0.15) is 0 Å². The fourth-order valence-electron chi connectivity index (χ4n) is 2.68. The summed E-state index contributed by atoms with van der Waals surface area (Å²) in [5.74, 6) is 1.46. The van der Waals surface area contributed by atoms with Crippen LogP contribution in [-0.4, -0.2) is 37.0 Å². The lowest BCUT2D eigenvalue weighted by atomic mass is 10.2. The van der Waals surface area contributed by atoms with Gasteiger partial charge in [0.15, 0.2) is 23.0 Å². The second-order valence-corrected chi connectivity index (χ2v) is 6.39. The van der Waals surface area contributed by atoms with Crippen LogP contribution in [0.3, 0.4) is 0 Å². The first-order chi connectivity index (χ1) is 13.6. The van der Waals surface area contributed by atoms with Crippen molar-refractivity contribution in [1.82, 2.24) is 10.2 Å². The standard InChI is InChI=1S/C20H19N5O3/c1-25(2)15-6-3-13(4-7-15)21-19-10-8-16(23-24-19)20(26)22-14-5-9-17-18(11-14)28-12-27-17/h3-11H,12H2,1-2H3,(H,21,24)(H,22,26). The number of hydrogen-bond donors (Lipinski definition) is 2. The molecule has 1 amide bonds. The van der Waals surface area contributed by atoms with Crippen LogP contribution in [0.2, 0.25) is 0 Å². The average Bonchev–Trinajstić information content (AvgIpc) is 3.17. The third-order valence-corrected chi connectivity index (χ3v) is 4.18. The molecule has 1 aliphatic rings. The van der Waals surface area contributed by atoms with Gasteiger partial charge in [-0.15, -0.1) is 10.2 Å². The molecule has 0 atom stereocenters. The fraction of sp³-hybridized carbons (Fsp3) is 0.150. The maximum absolute atomic E-state index is 12.4. The highest BCUT2D eigenvalue weighted by Gasteiger charge is 2.15. The van der Waals surface area contributed by atoms with Crippen LogP contribution in [0.5, 0.6) is 11.5 Å². The zero-order valence-electron chi connectivity index (χ0n) is 15.5. The third-order valence-electron chi connectivity index (χ3n) is 4.18. The summed E-state index contributed by atoms with van der Waals surface area (Å²) < 4.78 is 10.6. The van der Waals surface area contributed by atoms with E-state index < -0.39 is 0 Å². The quantitative estimate of drug-likeness (QED) is 0.705. The number of carbonyl (C=O) groups excluding carboxylic acids is 1. The zero-order chi connectivity index (χ0) is 19.5. The molecule has 3 aromatic rings. The minimum absolute atomic E-state index is 0.185. The van der Waals surface area contributed by atoms with E-state index in [9.17, 15) is 4.79 Å². The summed E-state index contributed by atoms with van der Waals surface area (Å²) in [4.78, 5) is 14.4. The first kappa shape index (κ1) is 17.6. The van der Waals surface area contributed by atoms with E-state index in [1.165, 1.54) is 0 Å². The van der Waals surface area contributed by atoms with Crippen LogP contribution in [-0.2, 0) is 0 Å². The Balaban J connectivity index is 1.40. The molecule has 2 heterocycles. The Morgan fingerprint density at radius 2 is 1.68 bits per heavy atom. The Kier molecular flexibility index (Phi) is 4.67. The topological polar surface area (TPSA) is 88.6 Å². The molecule has 1 aromatic heterocycles. The van der Waals surface area contributed by atoms with Gasteiger partial charge in [-0.1, -0.05) is 0 Å². The number of hydrogen-bond acceptors (Lipinski definition) is 7. The van der Waals surface area contributed by atoms with Gasteiger partial charge < -0.3 is 25.0 Å². The van der Waals surface area contributed by atoms with E-state index >= 15 is 0 Å². The van der Waals surface area contributed by atoms with Crippen molar-refractivity contribution in [3.63, 3.8) is 0 Å². The number of benzene rings is 2. The van der Waals surface area contributed by atoms with Crippen LogP contribution in [0.1, 0.15) is 10.5 Å². The van der Waals surface area contributed by atoms with Crippen LogP contribution in [0.15, 0.2) is 54.6 Å². The van der Waals surface area contributed by atoms with Gasteiger partial charge in [0.2, 0.25) is 6.79 Å². The summed E-state index contributed by atoms with van der Waals surface area (Å²) in [5.41, 5.74) is 2.80. The number of nitrogens with zero attached hydrogens (tertiary/aromatic N) is 3. The van der Waals surface area contributed by atoms with E-state index in [1.807, 2.05) is 43.3 Å². The Labute approximate surface area is 162 Å². The number of fused-ring (bicyclic) bond motifs is 1. The molecule has 0 spiro atoms. The summed E-state index contributed by atoms with van der Waals surface area (Å²) in [5, 5.41) is 14.0. The zero-order valence-corrected chi connectivity index (χ0v) is 15.5. The molecule has 0 saturated carbocycles. The number of aromatic nitrogens is 2. The van der Waals surface area contributed by atoms with E-state index in [0.29, 0.717) is 23.0 Å². The van der Waals surface area contributed by atoms with Crippen LogP contribution < -0.4 is 25.0 Å². The van der Waals surface area contributed by atoms with Gasteiger partial charge in [0.25, 0.3) is 5.91 Å². The third kappa shape index (κ3) is 3.80. The van der Waals surface area contributed by atoms with Crippen molar-refractivity contribution in [2.45, 2.75) is 0 Å². The molecular weight excluding hydrogens is 358 g/mol. The molecule has 0 radical (unpaired) electrons. The molecule has 2 N–H and O–H groups in total. The number of amides is 1. The first-order valence-corrected chi connectivity index (χ1v) is 8.68. The number of nitrogens with one attached hydrogen (secondary N) is 2. The summed E-state index contributed by atoms with van der Waals surface area (Å²) in [7, 11) is 3.97. The van der Waals surface area contributed by atoms with Crippen molar-refractivity contribution in [2.24, 2.45) is 0 Å². The highest BCUT2D eigenvalue weighted by atomic mass is 16.7. The van der Waals surface area contributed by atoms with Gasteiger partial charge in [-0.25, -0.2) is 0 Å². The van der Waals surface area contributed by atoms with E-state index in [4.69, 9.17) is 9.47 Å². The predicted molar refractivity (Wildman–Crippen MR) is 107 cm³/mol. The molecular formula is C20H19N5O3. The van der Waals surface area contributed by atoms with E-state index in [-0.39, 0.29) is 18.4 Å². The molecule has 1 aliphatic heterocycles. The second-order valence-electron chi connectivity index (χ2n) is 6.39. The van der Waals surface area contributed by atoms with Gasteiger partial charge in [-0.3, -0.25) is 4.79 Å². The van der Waals surface area contributed by atoms with Gasteiger partial charge in [0, 0.05) is 37.2 Å². The average molecular weight is 377 g/mol. The Hall–Kier alpha value is -3.81. The molecule has 2 aromatic carbocycles. The minimum atomic E-state index is -0.353. The molecule has 8 heteroatoms. The Morgan fingerprint density at radius 1 is 0.929 bits per heavy atom. The lowest BCUT2D eigenvalue weighted by Gasteiger charge is -2.13. The second kappa shape index (κ2) is 7.43. The molecule has 142 valence electrons. The van der Waals surface area contributed by atoms with E-state index in [1.54, 1.807) is 30.3 Å². The molecule has 8 nitrogen and oxygen atoms in total. The number of anilines is 4. The highest BCUT2D eigenvalue weighted by molar-refractivity contribution is 6.03. The van der Waals surface area contributed by atoms with E-state index in [0.717, 1.165) is 11.4 Å². The Morgan fingerprint density at radius 3 is 2.39 bits per heavy atom. The summed E-state index contributed by atoms with van der Waals surface area (Å²) in [6, 6.07) is 16.4. The molecule has 28 heavy (non-hydrogen) atoms. The van der Waals surface area contributed by atoms with Gasteiger partial charge in [-0.2, -0.15) is 0 Å². The summed E-state index contributed by atoms with van der Waals surface area (Å²) >= 11 is 0. The minimum Gasteiger partial charge on any atom is -0.454 e. The van der Waals surface area contributed by atoms with Crippen LogP contribution in [0.25, 0.3) is 0 Å². The smallest absolute Gasteiger partial charge is 0.276 e. The van der Waals surface area contributed by atoms with Crippen molar-refractivity contribution >= 4 is 28.8 Å². The molecule has 0 aliphatic carbocycles. The number of ether oxygens (including phenoxy) is 2. The maximum atomic E-state index is 12.4. The van der Waals surface area contributed by atoms with Crippen LogP contribution >= 0.6 is 0 Å². The summed E-state index contributed by atoms with van der Waals surface area (Å²) in [6.45, 7) is 0.185. The number of rotatable bonds is 5.